The Morgan fingerprint density at radius 2 is 1.77 bits per heavy atom. The van der Waals surface area contributed by atoms with Crippen LogP contribution in [0.15, 0.2) is 60.7 Å². The van der Waals surface area contributed by atoms with E-state index in [2.05, 4.69) is 46.6 Å². The molecule has 1 aliphatic carbocycles. The van der Waals surface area contributed by atoms with E-state index >= 15 is 0 Å². The Morgan fingerprint density at radius 3 is 2.54 bits per heavy atom. The molecule has 1 aromatic heterocycles. The lowest BCUT2D eigenvalue weighted by atomic mass is 10.0. The van der Waals surface area contributed by atoms with Gasteiger partial charge in [-0.05, 0) is 17.9 Å². The van der Waals surface area contributed by atoms with E-state index < -0.39 is 0 Å². The Hall–Kier alpha value is -2.88. The van der Waals surface area contributed by atoms with Crippen molar-refractivity contribution < 1.29 is 4.79 Å². The average molecular weight is 343 g/mol. The Morgan fingerprint density at radius 1 is 1.04 bits per heavy atom. The van der Waals surface area contributed by atoms with Crippen LogP contribution in [0.2, 0.25) is 0 Å². The lowest BCUT2D eigenvalue weighted by Gasteiger charge is -2.27. The minimum atomic E-state index is 0.144. The van der Waals surface area contributed by atoms with Crippen molar-refractivity contribution in [2.24, 2.45) is 5.92 Å². The number of carbonyl (C=O) groups excluding carboxylic acids is 1. The zero-order valence-corrected chi connectivity index (χ0v) is 14.6. The smallest absolute Gasteiger partial charge is 0.226 e. The fraction of sp³-hybridized carbons (Fsp3) is 0.273. The van der Waals surface area contributed by atoms with Crippen LogP contribution in [-0.4, -0.2) is 27.5 Å². The van der Waals surface area contributed by atoms with Crippen LogP contribution in [0.4, 0.5) is 0 Å². The second kappa shape index (κ2) is 6.13. The molecule has 1 saturated carbocycles. The zero-order valence-electron chi connectivity index (χ0n) is 14.6. The highest BCUT2D eigenvalue weighted by Gasteiger charge is 2.46. The summed E-state index contributed by atoms with van der Waals surface area (Å²) in [7, 11) is 0. The molecular weight excluding hydrogens is 322 g/mol. The van der Waals surface area contributed by atoms with Crippen molar-refractivity contribution in [3.8, 4) is 11.3 Å². The van der Waals surface area contributed by atoms with Crippen LogP contribution in [0.25, 0.3) is 11.3 Å². The number of nitrogens with zero attached hydrogens (tertiary/aromatic N) is 2. The van der Waals surface area contributed by atoms with Crippen LogP contribution in [0.3, 0.4) is 0 Å². The maximum Gasteiger partial charge on any atom is 0.226 e. The van der Waals surface area contributed by atoms with Gasteiger partial charge in [-0.1, -0.05) is 60.7 Å². The lowest BCUT2D eigenvalue weighted by molar-refractivity contribution is -0.133. The number of rotatable bonds is 3. The number of nitrogens with one attached hydrogen (secondary N) is 1. The number of hydrogen-bond acceptors (Lipinski definition) is 2. The number of fused-ring (bicyclic) bond motifs is 1. The van der Waals surface area contributed by atoms with Gasteiger partial charge in [0.1, 0.15) is 0 Å². The van der Waals surface area contributed by atoms with Crippen molar-refractivity contribution in [1.82, 2.24) is 15.1 Å². The first-order valence-corrected chi connectivity index (χ1v) is 9.26. The van der Waals surface area contributed by atoms with Gasteiger partial charge in [-0.25, -0.2) is 0 Å². The maximum absolute atomic E-state index is 13.0. The van der Waals surface area contributed by atoms with Gasteiger partial charge in [-0.2, -0.15) is 5.10 Å². The summed E-state index contributed by atoms with van der Waals surface area (Å²) in [6.45, 7) is 1.44. The van der Waals surface area contributed by atoms with Gasteiger partial charge >= 0.3 is 0 Å². The van der Waals surface area contributed by atoms with E-state index in [1.807, 2.05) is 29.2 Å². The van der Waals surface area contributed by atoms with Gasteiger partial charge in [0.15, 0.2) is 0 Å². The number of benzene rings is 2. The van der Waals surface area contributed by atoms with Crippen molar-refractivity contribution >= 4 is 5.91 Å². The molecule has 1 fully saturated rings. The number of carbonyl (C=O) groups is 1. The fourth-order valence-electron chi connectivity index (χ4n) is 4.09. The van der Waals surface area contributed by atoms with Crippen molar-refractivity contribution in [2.45, 2.75) is 25.3 Å². The van der Waals surface area contributed by atoms with Gasteiger partial charge in [0.05, 0.1) is 5.69 Å². The Balaban J connectivity index is 1.35. The molecule has 1 aliphatic heterocycles. The SMILES string of the molecule is O=C([C@@H]1C[C@H]1c1ccccc1)N1CCc2[nH]nc(-c3ccccc3)c2C1. The molecule has 0 saturated heterocycles. The summed E-state index contributed by atoms with van der Waals surface area (Å²) in [5.74, 6) is 0.832. The number of aromatic amines is 1. The summed E-state index contributed by atoms with van der Waals surface area (Å²) in [5.41, 5.74) is 5.72. The number of amides is 1. The molecule has 1 N–H and O–H groups in total. The summed E-state index contributed by atoms with van der Waals surface area (Å²) >= 11 is 0. The molecule has 0 bridgehead atoms. The highest BCUT2D eigenvalue weighted by Crippen LogP contribution is 2.48. The molecule has 26 heavy (non-hydrogen) atoms. The maximum atomic E-state index is 13.0. The predicted molar refractivity (Wildman–Crippen MR) is 100 cm³/mol. The average Bonchev–Trinajstić information content (AvgIpc) is 3.40. The molecule has 0 radical (unpaired) electrons. The zero-order chi connectivity index (χ0) is 17.5. The third-order valence-electron chi connectivity index (χ3n) is 5.63. The molecule has 4 nitrogen and oxygen atoms in total. The third-order valence-corrected chi connectivity index (χ3v) is 5.63. The Labute approximate surface area is 152 Å². The van der Waals surface area contributed by atoms with Crippen molar-refractivity contribution in [3.05, 3.63) is 77.5 Å². The number of aromatic nitrogens is 2. The summed E-state index contributed by atoms with van der Waals surface area (Å²) in [6.07, 6.45) is 1.83. The van der Waals surface area contributed by atoms with Gasteiger partial charge in [0.25, 0.3) is 0 Å². The summed E-state index contributed by atoms with van der Waals surface area (Å²) in [6, 6.07) is 20.6. The number of H-pyrrole nitrogens is 1. The molecule has 0 spiro atoms. The summed E-state index contributed by atoms with van der Waals surface area (Å²) in [5, 5.41) is 7.70. The monoisotopic (exact) mass is 343 g/mol. The molecule has 2 heterocycles. The van der Waals surface area contributed by atoms with Crippen LogP contribution >= 0.6 is 0 Å². The Bertz CT molecular complexity index is 933. The molecule has 130 valence electrons. The first-order chi connectivity index (χ1) is 12.8. The highest BCUT2D eigenvalue weighted by molar-refractivity contribution is 5.83. The van der Waals surface area contributed by atoms with Crippen molar-refractivity contribution in [3.63, 3.8) is 0 Å². The fourth-order valence-corrected chi connectivity index (χ4v) is 4.09. The third kappa shape index (κ3) is 2.62. The summed E-state index contributed by atoms with van der Waals surface area (Å²) in [4.78, 5) is 15.0. The van der Waals surface area contributed by atoms with Gasteiger partial charge in [-0.15, -0.1) is 0 Å². The predicted octanol–water partition coefficient (Wildman–Crippen LogP) is 3.77. The molecule has 2 atom stereocenters. The van der Waals surface area contributed by atoms with Crippen molar-refractivity contribution in [1.29, 1.82) is 0 Å². The minimum Gasteiger partial charge on any atom is -0.338 e. The molecule has 5 rings (SSSR count). The van der Waals surface area contributed by atoms with E-state index in [-0.39, 0.29) is 5.92 Å². The van der Waals surface area contributed by atoms with E-state index in [1.54, 1.807) is 0 Å². The molecule has 3 aromatic rings. The Kier molecular flexibility index (Phi) is 3.63. The highest BCUT2D eigenvalue weighted by atomic mass is 16.2. The van der Waals surface area contributed by atoms with Crippen LogP contribution in [0, 0.1) is 5.92 Å². The van der Waals surface area contributed by atoms with Gasteiger partial charge in [0, 0.05) is 42.2 Å². The van der Waals surface area contributed by atoms with E-state index in [0.717, 1.165) is 30.6 Å². The van der Waals surface area contributed by atoms with E-state index in [1.165, 1.54) is 16.8 Å². The van der Waals surface area contributed by atoms with Gasteiger partial charge < -0.3 is 4.90 Å². The van der Waals surface area contributed by atoms with E-state index in [9.17, 15) is 4.79 Å². The van der Waals surface area contributed by atoms with Crippen LogP contribution in [-0.2, 0) is 17.8 Å². The first-order valence-electron chi connectivity index (χ1n) is 9.26. The largest absolute Gasteiger partial charge is 0.338 e. The van der Waals surface area contributed by atoms with E-state index in [0.29, 0.717) is 18.4 Å². The van der Waals surface area contributed by atoms with Crippen LogP contribution < -0.4 is 0 Å². The van der Waals surface area contributed by atoms with E-state index in [4.69, 9.17) is 0 Å². The molecule has 2 aliphatic rings. The normalized spacial score (nSPS) is 21.3. The summed E-state index contributed by atoms with van der Waals surface area (Å²) < 4.78 is 0. The molecule has 2 aromatic carbocycles. The van der Waals surface area contributed by atoms with Gasteiger partial charge in [0.2, 0.25) is 5.91 Å². The quantitative estimate of drug-likeness (QED) is 0.787. The second-order valence-corrected chi connectivity index (χ2v) is 7.26. The first kappa shape index (κ1) is 15.4. The molecular formula is C22H21N3O. The number of hydrogen-bond donors (Lipinski definition) is 1. The molecule has 4 heteroatoms. The topological polar surface area (TPSA) is 49.0 Å². The molecule has 0 unspecified atom stereocenters. The second-order valence-electron chi connectivity index (χ2n) is 7.26. The minimum absolute atomic E-state index is 0.144. The lowest BCUT2D eigenvalue weighted by Crippen LogP contribution is -2.37. The van der Waals surface area contributed by atoms with Gasteiger partial charge in [-0.3, -0.25) is 9.89 Å². The molecule has 1 amide bonds. The van der Waals surface area contributed by atoms with Crippen LogP contribution in [0.5, 0.6) is 0 Å². The van der Waals surface area contributed by atoms with Crippen LogP contribution in [0.1, 0.15) is 29.2 Å². The van der Waals surface area contributed by atoms with Crippen molar-refractivity contribution in [2.75, 3.05) is 6.54 Å². The standard InChI is InChI=1S/C22H21N3O/c26-22(18-13-17(18)15-7-3-1-4-8-15)25-12-11-20-19(14-25)21(24-23-20)16-9-5-2-6-10-16/h1-10,17-18H,11-14H2,(H,23,24)/t17-,18+/m0/s1.